The van der Waals surface area contributed by atoms with Crippen LogP contribution in [0.25, 0.3) is 0 Å². The third-order valence-electron chi connectivity index (χ3n) is 2.11. The van der Waals surface area contributed by atoms with E-state index in [1.807, 2.05) is 0 Å². The molecule has 0 aliphatic rings. The lowest BCUT2D eigenvalue weighted by molar-refractivity contribution is 0.0690. The van der Waals surface area contributed by atoms with Crippen molar-refractivity contribution in [2.24, 2.45) is 0 Å². The van der Waals surface area contributed by atoms with E-state index < -0.39 is 11.8 Å². The quantitative estimate of drug-likeness (QED) is 0.890. The average molecular weight is 347 g/mol. The van der Waals surface area contributed by atoms with Gasteiger partial charge in [0.05, 0.1) is 23.1 Å². The van der Waals surface area contributed by atoms with Crippen LogP contribution in [0, 0.1) is 5.82 Å². The predicted molar refractivity (Wildman–Crippen MR) is 71.4 cm³/mol. The van der Waals surface area contributed by atoms with Crippen LogP contribution in [0.15, 0.2) is 29.0 Å². The standard InChI is InChI=1S/C11H6BrClFN3O2/c12-6-1-5(14)2-7(13)10(6)17-9-4-15-3-8(16-9)11(18)19/h1-4H,(H,16,17)(H,18,19). The molecule has 98 valence electrons. The largest absolute Gasteiger partial charge is 0.476 e. The van der Waals surface area contributed by atoms with Crippen LogP contribution < -0.4 is 5.32 Å². The SMILES string of the molecule is O=C(O)c1cncc(Nc2c(Cl)cc(F)cc2Br)n1. The van der Waals surface area contributed by atoms with E-state index in [-0.39, 0.29) is 16.5 Å². The molecule has 1 heterocycles. The number of carboxylic acid groups (broad SMARTS) is 1. The van der Waals surface area contributed by atoms with Gasteiger partial charge < -0.3 is 10.4 Å². The van der Waals surface area contributed by atoms with E-state index in [2.05, 4.69) is 31.2 Å². The molecule has 0 saturated heterocycles. The minimum atomic E-state index is -1.19. The third kappa shape index (κ3) is 3.18. The molecule has 1 aromatic heterocycles. The lowest BCUT2D eigenvalue weighted by atomic mass is 10.3. The maximum Gasteiger partial charge on any atom is 0.356 e. The molecule has 0 radical (unpaired) electrons. The van der Waals surface area contributed by atoms with E-state index in [9.17, 15) is 9.18 Å². The molecule has 5 nitrogen and oxygen atoms in total. The van der Waals surface area contributed by atoms with Gasteiger partial charge in [-0.1, -0.05) is 11.6 Å². The first-order valence-corrected chi connectivity index (χ1v) is 6.11. The second-order valence-electron chi connectivity index (χ2n) is 3.46. The Morgan fingerprint density at radius 1 is 1.42 bits per heavy atom. The van der Waals surface area contributed by atoms with Gasteiger partial charge in [0.15, 0.2) is 5.69 Å². The van der Waals surface area contributed by atoms with Gasteiger partial charge in [-0.15, -0.1) is 0 Å². The minimum absolute atomic E-state index is 0.134. The van der Waals surface area contributed by atoms with Crippen LogP contribution in [-0.4, -0.2) is 21.0 Å². The molecule has 19 heavy (non-hydrogen) atoms. The van der Waals surface area contributed by atoms with Crippen molar-refractivity contribution in [2.75, 3.05) is 5.32 Å². The zero-order chi connectivity index (χ0) is 14.0. The number of hydrogen-bond acceptors (Lipinski definition) is 4. The number of carboxylic acids is 1. The van der Waals surface area contributed by atoms with Crippen molar-refractivity contribution in [3.8, 4) is 0 Å². The lowest BCUT2D eigenvalue weighted by Gasteiger charge is -2.10. The number of benzene rings is 1. The molecule has 0 atom stereocenters. The Morgan fingerprint density at radius 3 is 2.79 bits per heavy atom. The summed E-state index contributed by atoms with van der Waals surface area (Å²) in [5.41, 5.74) is 0.166. The van der Waals surface area contributed by atoms with Gasteiger partial charge in [0, 0.05) is 4.47 Å². The molecule has 2 rings (SSSR count). The fraction of sp³-hybridized carbons (Fsp3) is 0. The van der Waals surface area contributed by atoms with Crippen molar-refractivity contribution in [1.29, 1.82) is 0 Å². The van der Waals surface area contributed by atoms with Gasteiger partial charge in [-0.2, -0.15) is 0 Å². The van der Waals surface area contributed by atoms with Crippen LogP contribution in [0.3, 0.4) is 0 Å². The van der Waals surface area contributed by atoms with Gasteiger partial charge in [-0.05, 0) is 28.1 Å². The fourth-order valence-corrected chi connectivity index (χ4v) is 2.22. The molecule has 2 N–H and O–H groups in total. The molecule has 0 unspecified atom stereocenters. The van der Waals surface area contributed by atoms with Gasteiger partial charge >= 0.3 is 5.97 Å². The highest BCUT2D eigenvalue weighted by atomic mass is 79.9. The van der Waals surface area contributed by atoms with E-state index in [0.717, 1.165) is 12.3 Å². The van der Waals surface area contributed by atoms with Crippen molar-refractivity contribution in [3.05, 3.63) is 45.5 Å². The summed E-state index contributed by atoms with van der Waals surface area (Å²) in [4.78, 5) is 18.3. The molecule has 0 amide bonds. The number of hydrogen-bond donors (Lipinski definition) is 2. The average Bonchev–Trinajstić information content (AvgIpc) is 2.34. The summed E-state index contributed by atoms with van der Waals surface area (Å²) in [5.74, 6) is -1.50. The number of aromatic nitrogens is 2. The molecule has 0 fully saturated rings. The normalized spacial score (nSPS) is 10.3. The highest BCUT2D eigenvalue weighted by Gasteiger charge is 2.11. The number of nitrogens with one attached hydrogen (secondary N) is 1. The van der Waals surface area contributed by atoms with Crippen molar-refractivity contribution in [1.82, 2.24) is 9.97 Å². The van der Waals surface area contributed by atoms with Crippen molar-refractivity contribution < 1.29 is 14.3 Å². The summed E-state index contributed by atoms with van der Waals surface area (Å²) < 4.78 is 13.5. The van der Waals surface area contributed by atoms with Crippen LogP contribution in [0.5, 0.6) is 0 Å². The zero-order valence-corrected chi connectivity index (χ0v) is 11.5. The summed E-state index contributed by atoms with van der Waals surface area (Å²) in [7, 11) is 0. The molecule has 0 aliphatic heterocycles. The molecule has 0 saturated carbocycles. The smallest absolute Gasteiger partial charge is 0.356 e. The molecule has 0 aliphatic carbocycles. The van der Waals surface area contributed by atoms with Gasteiger partial charge in [0.25, 0.3) is 0 Å². The van der Waals surface area contributed by atoms with Crippen LogP contribution >= 0.6 is 27.5 Å². The van der Waals surface area contributed by atoms with Crippen LogP contribution in [0.4, 0.5) is 15.9 Å². The van der Waals surface area contributed by atoms with Gasteiger partial charge in [0.2, 0.25) is 0 Å². The molecule has 1 aromatic carbocycles. The summed E-state index contributed by atoms with van der Waals surface area (Å²) in [6.45, 7) is 0. The second kappa shape index (κ2) is 5.50. The van der Waals surface area contributed by atoms with Gasteiger partial charge in [-0.3, -0.25) is 4.98 Å². The van der Waals surface area contributed by atoms with E-state index in [1.165, 1.54) is 12.3 Å². The molecule has 8 heteroatoms. The Balaban J connectivity index is 2.36. The number of rotatable bonds is 3. The van der Waals surface area contributed by atoms with E-state index in [0.29, 0.717) is 10.2 Å². The number of carbonyl (C=O) groups is 1. The number of nitrogens with zero attached hydrogens (tertiary/aromatic N) is 2. The summed E-state index contributed by atoms with van der Waals surface area (Å²) in [6, 6.07) is 2.35. The summed E-state index contributed by atoms with van der Waals surface area (Å²) in [6.07, 6.45) is 2.45. The molecule has 0 bridgehead atoms. The summed E-state index contributed by atoms with van der Waals surface area (Å²) >= 11 is 9.04. The Kier molecular flexibility index (Phi) is 3.96. The van der Waals surface area contributed by atoms with Gasteiger partial charge in [-0.25, -0.2) is 14.2 Å². The lowest BCUT2D eigenvalue weighted by Crippen LogP contribution is -2.04. The zero-order valence-electron chi connectivity index (χ0n) is 9.19. The first-order valence-electron chi connectivity index (χ1n) is 4.94. The number of anilines is 2. The fourth-order valence-electron chi connectivity index (χ4n) is 1.32. The second-order valence-corrected chi connectivity index (χ2v) is 4.73. The highest BCUT2D eigenvalue weighted by Crippen LogP contribution is 2.33. The van der Waals surface area contributed by atoms with Crippen molar-refractivity contribution in [2.45, 2.75) is 0 Å². The molecular formula is C11H6BrClFN3O2. The summed E-state index contributed by atoms with van der Waals surface area (Å²) in [5, 5.41) is 11.7. The maximum atomic E-state index is 13.1. The first kappa shape index (κ1) is 13.7. The van der Waals surface area contributed by atoms with E-state index >= 15 is 0 Å². The van der Waals surface area contributed by atoms with E-state index in [4.69, 9.17) is 16.7 Å². The van der Waals surface area contributed by atoms with Crippen LogP contribution in [0.2, 0.25) is 5.02 Å². The molecular weight excluding hydrogens is 340 g/mol. The minimum Gasteiger partial charge on any atom is -0.476 e. The Morgan fingerprint density at radius 2 is 2.16 bits per heavy atom. The van der Waals surface area contributed by atoms with Gasteiger partial charge in [0.1, 0.15) is 11.6 Å². The topological polar surface area (TPSA) is 75.1 Å². The number of halogens is 3. The Hall–Kier alpha value is -1.73. The Bertz CT molecular complexity index is 631. The molecule has 0 spiro atoms. The van der Waals surface area contributed by atoms with Crippen molar-refractivity contribution in [3.63, 3.8) is 0 Å². The molecule has 2 aromatic rings. The maximum absolute atomic E-state index is 13.1. The van der Waals surface area contributed by atoms with Crippen LogP contribution in [-0.2, 0) is 0 Å². The first-order chi connectivity index (χ1) is 8.97. The predicted octanol–water partition coefficient (Wildman–Crippen LogP) is 3.47. The van der Waals surface area contributed by atoms with Crippen molar-refractivity contribution >= 4 is 45.0 Å². The van der Waals surface area contributed by atoms with E-state index in [1.54, 1.807) is 0 Å². The monoisotopic (exact) mass is 345 g/mol. The van der Waals surface area contributed by atoms with Crippen LogP contribution in [0.1, 0.15) is 10.5 Å². The Labute approximate surface area is 120 Å². The highest BCUT2D eigenvalue weighted by molar-refractivity contribution is 9.10. The number of aromatic carboxylic acids is 1. The third-order valence-corrected chi connectivity index (χ3v) is 3.04.